The summed E-state index contributed by atoms with van der Waals surface area (Å²) < 4.78 is 5.47. The number of anilines is 1. The van der Waals surface area contributed by atoms with E-state index in [1.54, 1.807) is 0 Å². The predicted octanol–water partition coefficient (Wildman–Crippen LogP) is 3.95. The van der Waals surface area contributed by atoms with Crippen molar-refractivity contribution in [3.05, 3.63) is 23.9 Å². The molecule has 0 aromatic carbocycles. The number of ether oxygens (including phenoxy) is 1. The summed E-state index contributed by atoms with van der Waals surface area (Å²) in [7, 11) is 0. The molecule has 0 amide bonds. The van der Waals surface area contributed by atoms with Crippen LogP contribution in [0.5, 0.6) is 0 Å². The van der Waals surface area contributed by atoms with E-state index in [1.807, 2.05) is 12.3 Å². The molecule has 164 valence electrons. The van der Waals surface area contributed by atoms with Gasteiger partial charge in [0.15, 0.2) is 5.96 Å². The van der Waals surface area contributed by atoms with Crippen molar-refractivity contribution < 1.29 is 4.74 Å². The Morgan fingerprint density at radius 2 is 2.00 bits per heavy atom. The summed E-state index contributed by atoms with van der Waals surface area (Å²) in [6.07, 6.45) is 11.6. The minimum absolute atomic E-state index is 0. The second-order valence-electron chi connectivity index (χ2n) is 7.85. The van der Waals surface area contributed by atoms with Crippen LogP contribution in [0.25, 0.3) is 0 Å². The van der Waals surface area contributed by atoms with Gasteiger partial charge < -0.3 is 20.3 Å². The zero-order valence-corrected chi connectivity index (χ0v) is 20.2. The molecule has 0 spiro atoms. The maximum absolute atomic E-state index is 5.47. The number of rotatable bonds is 9. The van der Waals surface area contributed by atoms with Gasteiger partial charge in [-0.3, -0.25) is 0 Å². The van der Waals surface area contributed by atoms with Gasteiger partial charge in [-0.15, -0.1) is 24.0 Å². The van der Waals surface area contributed by atoms with Crippen molar-refractivity contribution in [1.82, 2.24) is 15.6 Å². The zero-order chi connectivity index (χ0) is 19.4. The molecule has 0 radical (unpaired) electrons. The molecule has 1 aromatic heterocycles. The second kappa shape index (κ2) is 14.0. The predicted molar refractivity (Wildman–Crippen MR) is 131 cm³/mol. The molecule has 2 heterocycles. The van der Waals surface area contributed by atoms with Crippen molar-refractivity contribution in [1.29, 1.82) is 0 Å². The summed E-state index contributed by atoms with van der Waals surface area (Å²) >= 11 is 0. The van der Waals surface area contributed by atoms with Crippen molar-refractivity contribution in [2.75, 3.05) is 44.3 Å². The Morgan fingerprint density at radius 1 is 1.21 bits per heavy atom. The highest BCUT2D eigenvalue weighted by Crippen LogP contribution is 2.28. The normalized spacial score (nSPS) is 17.8. The van der Waals surface area contributed by atoms with E-state index in [0.717, 1.165) is 57.1 Å². The lowest BCUT2D eigenvalue weighted by molar-refractivity contribution is 0.122. The number of nitrogens with zero attached hydrogens (tertiary/aromatic N) is 3. The van der Waals surface area contributed by atoms with Crippen LogP contribution in [0.1, 0.15) is 57.4 Å². The number of aromatic nitrogens is 1. The maximum Gasteiger partial charge on any atom is 0.191 e. The van der Waals surface area contributed by atoms with Gasteiger partial charge in [-0.1, -0.05) is 44.6 Å². The highest BCUT2D eigenvalue weighted by Gasteiger charge is 2.16. The Balaban J connectivity index is 0.00000300. The van der Waals surface area contributed by atoms with E-state index in [0.29, 0.717) is 6.54 Å². The summed E-state index contributed by atoms with van der Waals surface area (Å²) in [6.45, 7) is 7.94. The quantitative estimate of drug-likeness (QED) is 0.226. The van der Waals surface area contributed by atoms with Crippen molar-refractivity contribution in [2.24, 2.45) is 10.9 Å². The average molecular weight is 515 g/mol. The third kappa shape index (κ3) is 8.28. The molecule has 2 aliphatic rings. The first-order chi connectivity index (χ1) is 13.9. The van der Waals surface area contributed by atoms with Crippen LogP contribution in [0.2, 0.25) is 0 Å². The number of unbranched alkanes of at least 4 members (excludes halogenated alkanes) is 1. The molecule has 29 heavy (non-hydrogen) atoms. The number of halogens is 1. The van der Waals surface area contributed by atoms with Crippen LogP contribution in [-0.4, -0.2) is 50.3 Å². The Hall–Kier alpha value is -1.09. The number of hydrogen-bond acceptors (Lipinski definition) is 4. The molecule has 0 atom stereocenters. The summed E-state index contributed by atoms with van der Waals surface area (Å²) in [6, 6.07) is 4.13. The standard InChI is InChI=1S/C22H37N5O.HI/c1-2-23-22(25-12-6-5-10-19-8-3-4-9-19)26-18-20-11-7-13-24-21(20)27-14-16-28-17-15-27;/h7,11,13,19H,2-6,8-10,12,14-18H2,1H3,(H2,23,25,26);1H. The van der Waals surface area contributed by atoms with Gasteiger partial charge in [0.05, 0.1) is 19.8 Å². The van der Waals surface area contributed by atoms with Crippen molar-refractivity contribution in [2.45, 2.75) is 58.4 Å². The van der Waals surface area contributed by atoms with E-state index in [2.05, 4.69) is 33.5 Å². The lowest BCUT2D eigenvalue weighted by Crippen LogP contribution is -2.38. The van der Waals surface area contributed by atoms with Gasteiger partial charge in [0, 0.05) is 37.9 Å². The Kier molecular flexibility index (Phi) is 11.7. The lowest BCUT2D eigenvalue weighted by atomic mass is 10.0. The average Bonchev–Trinajstić information content (AvgIpc) is 3.26. The summed E-state index contributed by atoms with van der Waals surface area (Å²) in [5, 5.41) is 6.87. The fourth-order valence-electron chi connectivity index (χ4n) is 4.18. The number of hydrogen-bond donors (Lipinski definition) is 2. The molecule has 3 rings (SSSR count). The first-order valence-corrected chi connectivity index (χ1v) is 11.2. The number of morpholine rings is 1. The molecule has 1 saturated carbocycles. The second-order valence-corrected chi connectivity index (χ2v) is 7.85. The summed E-state index contributed by atoms with van der Waals surface area (Å²) in [5.74, 6) is 2.94. The Labute approximate surface area is 193 Å². The third-order valence-electron chi connectivity index (χ3n) is 5.74. The van der Waals surface area contributed by atoms with Gasteiger partial charge in [0.1, 0.15) is 5.82 Å². The third-order valence-corrected chi connectivity index (χ3v) is 5.74. The van der Waals surface area contributed by atoms with E-state index >= 15 is 0 Å². The van der Waals surface area contributed by atoms with Crippen LogP contribution in [0.3, 0.4) is 0 Å². The number of nitrogens with one attached hydrogen (secondary N) is 2. The van der Waals surface area contributed by atoms with Crippen LogP contribution in [0.15, 0.2) is 23.3 Å². The lowest BCUT2D eigenvalue weighted by Gasteiger charge is -2.29. The number of pyridine rings is 1. The molecule has 0 unspecified atom stereocenters. The minimum Gasteiger partial charge on any atom is -0.378 e. The molecule has 0 bridgehead atoms. The van der Waals surface area contributed by atoms with Crippen molar-refractivity contribution >= 4 is 35.8 Å². The van der Waals surface area contributed by atoms with Crippen LogP contribution < -0.4 is 15.5 Å². The van der Waals surface area contributed by atoms with Gasteiger partial charge in [0.25, 0.3) is 0 Å². The first-order valence-electron chi connectivity index (χ1n) is 11.2. The maximum atomic E-state index is 5.47. The van der Waals surface area contributed by atoms with E-state index in [4.69, 9.17) is 9.73 Å². The van der Waals surface area contributed by atoms with Gasteiger partial charge in [-0.05, 0) is 25.3 Å². The molecule has 7 heteroatoms. The van der Waals surface area contributed by atoms with Crippen molar-refractivity contribution in [3.8, 4) is 0 Å². The van der Waals surface area contributed by atoms with E-state index in [9.17, 15) is 0 Å². The van der Waals surface area contributed by atoms with Gasteiger partial charge in [0.2, 0.25) is 0 Å². The molecule has 1 aromatic rings. The fourth-order valence-corrected chi connectivity index (χ4v) is 4.18. The number of guanidine groups is 1. The molecule has 2 N–H and O–H groups in total. The molecular weight excluding hydrogens is 477 g/mol. The van der Waals surface area contributed by atoms with Crippen molar-refractivity contribution in [3.63, 3.8) is 0 Å². The highest BCUT2D eigenvalue weighted by molar-refractivity contribution is 14.0. The van der Waals surface area contributed by atoms with Crippen LogP contribution in [0, 0.1) is 5.92 Å². The Bertz CT molecular complexity index is 601. The van der Waals surface area contributed by atoms with Crippen LogP contribution in [-0.2, 0) is 11.3 Å². The molecule has 1 aliphatic carbocycles. The first kappa shape index (κ1) is 24.2. The smallest absolute Gasteiger partial charge is 0.191 e. The minimum atomic E-state index is 0. The molecule has 6 nitrogen and oxygen atoms in total. The van der Waals surface area contributed by atoms with Gasteiger partial charge in [-0.2, -0.15) is 0 Å². The molecule has 1 aliphatic heterocycles. The molecular formula is C22H38IN5O. The van der Waals surface area contributed by atoms with E-state index in [-0.39, 0.29) is 24.0 Å². The Morgan fingerprint density at radius 3 is 2.76 bits per heavy atom. The number of aliphatic imine (C=N–C) groups is 1. The summed E-state index contributed by atoms with van der Waals surface area (Å²) in [5.41, 5.74) is 1.17. The fraction of sp³-hybridized carbons (Fsp3) is 0.727. The largest absolute Gasteiger partial charge is 0.378 e. The zero-order valence-electron chi connectivity index (χ0n) is 17.9. The van der Waals surface area contributed by atoms with Gasteiger partial charge in [-0.25, -0.2) is 9.98 Å². The van der Waals surface area contributed by atoms with Gasteiger partial charge >= 0.3 is 0 Å². The van der Waals surface area contributed by atoms with Crippen LogP contribution >= 0.6 is 24.0 Å². The monoisotopic (exact) mass is 515 g/mol. The molecule has 2 fully saturated rings. The summed E-state index contributed by atoms with van der Waals surface area (Å²) in [4.78, 5) is 11.7. The molecule has 1 saturated heterocycles. The SMILES string of the molecule is CCNC(=NCc1cccnc1N1CCOCC1)NCCCCC1CCCC1.I. The highest BCUT2D eigenvalue weighted by atomic mass is 127. The van der Waals surface area contributed by atoms with E-state index < -0.39 is 0 Å². The van der Waals surface area contributed by atoms with E-state index in [1.165, 1.54) is 50.5 Å². The topological polar surface area (TPSA) is 61.8 Å². The van der Waals surface area contributed by atoms with Crippen LogP contribution in [0.4, 0.5) is 5.82 Å².